The van der Waals surface area contributed by atoms with E-state index in [0.29, 0.717) is 29.9 Å². The van der Waals surface area contributed by atoms with E-state index in [9.17, 15) is 8.42 Å². The maximum atomic E-state index is 11.4. The summed E-state index contributed by atoms with van der Waals surface area (Å²) in [7, 11) is -1.49. The minimum Gasteiger partial charge on any atom is -0.492 e. The van der Waals surface area contributed by atoms with Gasteiger partial charge < -0.3 is 15.4 Å². The van der Waals surface area contributed by atoms with Crippen molar-refractivity contribution in [3.8, 4) is 5.75 Å². The van der Waals surface area contributed by atoms with Crippen LogP contribution in [-0.2, 0) is 9.84 Å². The normalized spacial score (nSPS) is 12.6. The van der Waals surface area contributed by atoms with E-state index in [4.69, 9.17) is 16.3 Å². The lowest BCUT2D eigenvalue weighted by Gasteiger charge is -2.18. The van der Waals surface area contributed by atoms with Crippen LogP contribution >= 0.6 is 35.6 Å². The highest BCUT2D eigenvalue weighted by atomic mass is 127. The van der Waals surface area contributed by atoms with E-state index < -0.39 is 9.84 Å². The smallest absolute Gasteiger partial charge is 0.191 e. The first-order valence-corrected chi connectivity index (χ1v) is 10.7. The molecule has 9 heteroatoms. The number of hydrogen-bond donors (Lipinski definition) is 2. The van der Waals surface area contributed by atoms with Crippen molar-refractivity contribution < 1.29 is 13.2 Å². The largest absolute Gasteiger partial charge is 0.492 e. The topological polar surface area (TPSA) is 79.8 Å². The first kappa shape index (κ1) is 24.5. The van der Waals surface area contributed by atoms with Crippen molar-refractivity contribution in [2.45, 2.75) is 17.9 Å². The number of hydrogen-bond acceptors (Lipinski definition) is 4. The molecule has 0 fully saturated rings. The number of nitrogens with one attached hydrogen (secondary N) is 2. The second-order valence-corrected chi connectivity index (χ2v) is 8.46. The van der Waals surface area contributed by atoms with E-state index >= 15 is 0 Å². The molecule has 2 N–H and O–H groups in total. The third kappa shape index (κ3) is 7.84. The lowest BCUT2D eigenvalue weighted by molar-refractivity contribution is 0.321. The number of halogens is 2. The maximum Gasteiger partial charge on any atom is 0.191 e. The minimum atomic E-state index is -3.20. The molecule has 0 saturated carbocycles. The van der Waals surface area contributed by atoms with E-state index in [1.165, 1.54) is 18.4 Å². The Bertz CT molecular complexity index is 872. The second kappa shape index (κ2) is 11.5. The first-order valence-electron chi connectivity index (χ1n) is 8.45. The number of nitrogens with zero attached hydrogens (tertiary/aromatic N) is 1. The lowest BCUT2D eigenvalue weighted by Crippen LogP contribution is -2.40. The number of ether oxygens (including phenoxy) is 1. The van der Waals surface area contributed by atoms with Gasteiger partial charge in [-0.3, -0.25) is 4.99 Å². The standard InChI is InChI=1S/C19H24ClN3O3S.HI/c1-14(15-4-6-16(20)7-5-15)23-19(21-2)22-12-13-26-17-8-10-18(11-9-17)27(3,24)25;/h4-11,14H,12-13H2,1-3H3,(H2,21,22,23);1H. The summed E-state index contributed by atoms with van der Waals surface area (Å²) in [6.07, 6.45) is 1.18. The number of rotatable bonds is 7. The van der Waals surface area contributed by atoms with Gasteiger partial charge in [0.2, 0.25) is 0 Å². The quantitative estimate of drug-likeness (QED) is 0.244. The highest BCUT2D eigenvalue weighted by Crippen LogP contribution is 2.16. The van der Waals surface area contributed by atoms with Crippen molar-refractivity contribution in [2.75, 3.05) is 26.5 Å². The lowest BCUT2D eigenvalue weighted by atomic mass is 10.1. The fourth-order valence-electron chi connectivity index (χ4n) is 2.36. The molecule has 0 heterocycles. The van der Waals surface area contributed by atoms with Gasteiger partial charge in [-0.05, 0) is 48.9 Å². The molecule has 0 spiro atoms. The van der Waals surface area contributed by atoms with Crippen LogP contribution in [0.4, 0.5) is 0 Å². The van der Waals surface area contributed by atoms with Crippen LogP contribution in [0.5, 0.6) is 5.75 Å². The Balaban J connectivity index is 0.00000392. The summed E-state index contributed by atoms with van der Waals surface area (Å²) in [4.78, 5) is 4.47. The van der Waals surface area contributed by atoms with Gasteiger partial charge in [0.25, 0.3) is 0 Å². The third-order valence-electron chi connectivity index (χ3n) is 3.86. The molecule has 0 aliphatic rings. The molecule has 6 nitrogen and oxygen atoms in total. The van der Waals surface area contributed by atoms with Crippen molar-refractivity contribution in [3.63, 3.8) is 0 Å². The number of aliphatic imine (C=N–C) groups is 1. The van der Waals surface area contributed by atoms with Gasteiger partial charge >= 0.3 is 0 Å². The number of benzene rings is 2. The summed E-state index contributed by atoms with van der Waals surface area (Å²) < 4.78 is 28.5. The molecule has 1 atom stereocenters. The highest BCUT2D eigenvalue weighted by Gasteiger charge is 2.08. The molecule has 2 aromatic carbocycles. The Labute approximate surface area is 188 Å². The summed E-state index contributed by atoms with van der Waals surface area (Å²) in [5, 5.41) is 7.18. The van der Waals surface area contributed by atoms with Gasteiger partial charge in [-0.25, -0.2) is 8.42 Å². The second-order valence-electron chi connectivity index (χ2n) is 6.01. The zero-order valence-electron chi connectivity index (χ0n) is 16.0. The van der Waals surface area contributed by atoms with E-state index in [2.05, 4.69) is 15.6 Å². The zero-order valence-corrected chi connectivity index (χ0v) is 19.9. The molecule has 0 aliphatic carbocycles. The zero-order chi connectivity index (χ0) is 19.9. The monoisotopic (exact) mass is 537 g/mol. The molecule has 154 valence electrons. The summed E-state index contributed by atoms with van der Waals surface area (Å²) in [6.45, 7) is 2.99. The van der Waals surface area contributed by atoms with Gasteiger partial charge in [0, 0.05) is 18.3 Å². The van der Waals surface area contributed by atoms with Crippen LogP contribution in [0, 0.1) is 0 Å². The van der Waals surface area contributed by atoms with Gasteiger partial charge in [0.1, 0.15) is 12.4 Å². The Kier molecular flexibility index (Phi) is 10.0. The predicted octanol–water partition coefficient (Wildman–Crippen LogP) is 3.67. The summed E-state index contributed by atoms with van der Waals surface area (Å²) in [6, 6.07) is 14.1. The molecule has 0 bridgehead atoms. The third-order valence-corrected chi connectivity index (χ3v) is 5.24. The average molecular weight is 538 g/mol. The fraction of sp³-hybridized carbons (Fsp3) is 0.316. The Hall–Kier alpha value is -1.52. The van der Waals surface area contributed by atoms with Crippen LogP contribution in [0.1, 0.15) is 18.5 Å². The van der Waals surface area contributed by atoms with E-state index in [1.54, 1.807) is 19.2 Å². The molecule has 2 rings (SSSR count). The van der Waals surface area contributed by atoms with Crippen LogP contribution in [0.2, 0.25) is 5.02 Å². The van der Waals surface area contributed by atoms with E-state index in [1.807, 2.05) is 31.2 Å². The summed E-state index contributed by atoms with van der Waals surface area (Å²) >= 11 is 5.92. The van der Waals surface area contributed by atoms with Crippen molar-refractivity contribution in [1.29, 1.82) is 0 Å². The molecule has 0 amide bonds. The molecule has 2 aromatic rings. The molecule has 0 saturated heterocycles. The first-order chi connectivity index (χ1) is 12.8. The van der Waals surface area contributed by atoms with Gasteiger partial charge in [0.05, 0.1) is 17.5 Å². The van der Waals surface area contributed by atoms with E-state index in [-0.39, 0.29) is 34.9 Å². The van der Waals surface area contributed by atoms with E-state index in [0.717, 1.165) is 5.56 Å². The Morgan fingerprint density at radius 3 is 2.29 bits per heavy atom. The van der Waals surface area contributed by atoms with Crippen LogP contribution in [0.25, 0.3) is 0 Å². The van der Waals surface area contributed by atoms with Crippen molar-refractivity contribution >= 4 is 51.4 Å². The molecule has 0 aliphatic heterocycles. The SMILES string of the molecule is CN=C(NCCOc1ccc(S(C)(=O)=O)cc1)NC(C)c1ccc(Cl)cc1.I. The predicted molar refractivity (Wildman–Crippen MR) is 125 cm³/mol. The number of sulfone groups is 1. The van der Waals surface area contributed by atoms with Crippen LogP contribution in [-0.4, -0.2) is 40.8 Å². The van der Waals surface area contributed by atoms with Crippen LogP contribution < -0.4 is 15.4 Å². The van der Waals surface area contributed by atoms with Crippen molar-refractivity contribution in [2.24, 2.45) is 4.99 Å². The van der Waals surface area contributed by atoms with Crippen LogP contribution in [0.3, 0.4) is 0 Å². The van der Waals surface area contributed by atoms with Crippen molar-refractivity contribution in [3.05, 3.63) is 59.1 Å². The Morgan fingerprint density at radius 1 is 1.14 bits per heavy atom. The maximum absolute atomic E-state index is 11.4. The average Bonchev–Trinajstić information content (AvgIpc) is 2.64. The van der Waals surface area contributed by atoms with Gasteiger partial charge in [0.15, 0.2) is 15.8 Å². The molecule has 28 heavy (non-hydrogen) atoms. The van der Waals surface area contributed by atoms with Crippen LogP contribution in [0.15, 0.2) is 58.4 Å². The minimum absolute atomic E-state index is 0. The molecule has 1 unspecified atom stereocenters. The molecule has 0 aromatic heterocycles. The van der Waals surface area contributed by atoms with Gasteiger partial charge in [-0.15, -0.1) is 24.0 Å². The molecular weight excluding hydrogens is 513 g/mol. The summed E-state index contributed by atoms with van der Waals surface area (Å²) in [5.74, 6) is 1.27. The van der Waals surface area contributed by atoms with Gasteiger partial charge in [-0.2, -0.15) is 0 Å². The fourth-order valence-corrected chi connectivity index (χ4v) is 3.11. The summed E-state index contributed by atoms with van der Waals surface area (Å²) in [5.41, 5.74) is 1.10. The Morgan fingerprint density at radius 2 is 1.75 bits per heavy atom. The van der Waals surface area contributed by atoms with Crippen molar-refractivity contribution in [1.82, 2.24) is 10.6 Å². The van der Waals surface area contributed by atoms with Gasteiger partial charge in [-0.1, -0.05) is 23.7 Å². The molecule has 0 radical (unpaired) electrons. The highest BCUT2D eigenvalue weighted by molar-refractivity contribution is 14.0. The number of guanidine groups is 1. The molecular formula is C19H25ClIN3O3S.